The van der Waals surface area contributed by atoms with Gasteiger partial charge in [0.25, 0.3) is 0 Å². The Balaban J connectivity index is 0.000000357. The van der Waals surface area contributed by atoms with Crippen molar-refractivity contribution in [1.82, 2.24) is 4.90 Å². The molecule has 1 atom stereocenters. The van der Waals surface area contributed by atoms with Crippen LogP contribution in [0.1, 0.15) is 53.4 Å². The number of hydrogen-bond donors (Lipinski definition) is 1. The Morgan fingerprint density at radius 3 is 2.28 bits per heavy atom. The Kier molecular flexibility index (Phi) is 6.02. The summed E-state index contributed by atoms with van der Waals surface area (Å²) >= 11 is 0. The smallest absolute Gasteiger partial charge is 0.122 e. The molecule has 0 aromatic rings. The van der Waals surface area contributed by atoms with E-state index >= 15 is 0 Å². The van der Waals surface area contributed by atoms with Crippen molar-refractivity contribution in [2.24, 2.45) is 5.92 Å². The van der Waals surface area contributed by atoms with E-state index in [2.05, 4.69) is 23.7 Å². The van der Waals surface area contributed by atoms with Crippen LogP contribution in [0.25, 0.3) is 0 Å². The van der Waals surface area contributed by atoms with Gasteiger partial charge in [-0.05, 0) is 63.4 Å². The third-order valence-corrected chi connectivity index (χ3v) is 3.79. The number of rotatable bonds is 3. The second kappa shape index (κ2) is 6.83. The van der Waals surface area contributed by atoms with Gasteiger partial charge in [-0.2, -0.15) is 4.94 Å². The molecule has 0 amide bonds. The van der Waals surface area contributed by atoms with Crippen LogP contribution < -0.4 is 0 Å². The van der Waals surface area contributed by atoms with Gasteiger partial charge in [0.15, 0.2) is 0 Å². The Hall–Kier alpha value is -0.190. The van der Waals surface area contributed by atoms with E-state index in [4.69, 9.17) is 5.11 Å². The summed E-state index contributed by atoms with van der Waals surface area (Å²) in [7, 11) is 0. The maximum Gasteiger partial charge on any atom is 0.122 e. The molecular formula is C14H28FNO2. The van der Waals surface area contributed by atoms with Gasteiger partial charge in [-0.15, -0.1) is 0 Å². The van der Waals surface area contributed by atoms with Gasteiger partial charge >= 0.3 is 0 Å². The third kappa shape index (κ3) is 4.48. The summed E-state index contributed by atoms with van der Waals surface area (Å²) in [5.41, 5.74) is -0.460. The predicted octanol–water partition coefficient (Wildman–Crippen LogP) is 2.93. The van der Waals surface area contributed by atoms with Crippen LogP contribution >= 0.6 is 0 Å². The highest BCUT2D eigenvalue weighted by atomic mass is 19.3. The minimum absolute atomic E-state index is 0.167. The van der Waals surface area contributed by atoms with Crippen molar-refractivity contribution >= 4 is 0 Å². The molecule has 1 heterocycles. The van der Waals surface area contributed by atoms with Crippen molar-refractivity contribution < 1.29 is 14.6 Å². The topological polar surface area (TPSA) is 32.7 Å². The Morgan fingerprint density at radius 2 is 1.94 bits per heavy atom. The first-order chi connectivity index (χ1) is 8.38. The van der Waals surface area contributed by atoms with Crippen molar-refractivity contribution in [3.63, 3.8) is 0 Å². The fourth-order valence-electron chi connectivity index (χ4n) is 3.02. The summed E-state index contributed by atoms with van der Waals surface area (Å²) in [5.74, 6) is 0.628. The lowest BCUT2D eigenvalue weighted by molar-refractivity contribution is -0.281. The molecule has 2 rings (SSSR count). The second-order valence-electron chi connectivity index (χ2n) is 6.33. The molecule has 0 aromatic carbocycles. The predicted molar refractivity (Wildman–Crippen MR) is 70.9 cm³/mol. The molecule has 2 fully saturated rings. The van der Waals surface area contributed by atoms with Crippen LogP contribution in [0, 0.1) is 5.92 Å². The lowest BCUT2D eigenvalue weighted by Crippen LogP contribution is -2.52. The van der Waals surface area contributed by atoms with E-state index in [1.807, 2.05) is 0 Å². The number of likely N-dealkylation sites (tertiary alicyclic amines) is 1. The van der Waals surface area contributed by atoms with Gasteiger partial charge in [0.2, 0.25) is 0 Å². The molecule has 0 radical (unpaired) electrons. The fourth-order valence-corrected chi connectivity index (χ4v) is 3.02. The summed E-state index contributed by atoms with van der Waals surface area (Å²) in [6, 6.07) is 0.609. The van der Waals surface area contributed by atoms with Gasteiger partial charge in [0.05, 0.1) is 0 Å². The van der Waals surface area contributed by atoms with Gasteiger partial charge in [-0.1, -0.05) is 6.92 Å². The number of aliphatic hydroxyl groups excluding tert-OH is 1. The van der Waals surface area contributed by atoms with Crippen molar-refractivity contribution in [2.75, 3.05) is 13.1 Å². The van der Waals surface area contributed by atoms with E-state index in [1.54, 1.807) is 13.8 Å². The number of halogens is 1. The highest BCUT2D eigenvalue weighted by Crippen LogP contribution is 2.42. The Morgan fingerprint density at radius 1 is 1.39 bits per heavy atom. The van der Waals surface area contributed by atoms with Crippen LogP contribution in [0.2, 0.25) is 0 Å². The number of nitrogens with zero attached hydrogens (tertiary/aromatic N) is 1. The van der Waals surface area contributed by atoms with E-state index in [1.165, 1.54) is 12.8 Å². The molecular weight excluding hydrogens is 233 g/mol. The van der Waals surface area contributed by atoms with Crippen molar-refractivity contribution in [2.45, 2.75) is 71.1 Å². The third-order valence-electron chi connectivity index (χ3n) is 3.79. The molecule has 3 nitrogen and oxygen atoms in total. The second-order valence-corrected chi connectivity index (χ2v) is 6.33. The first-order valence-corrected chi connectivity index (χ1v) is 7.10. The van der Waals surface area contributed by atoms with Gasteiger partial charge in [0, 0.05) is 18.7 Å². The standard InChI is InChI=1S/C11H20FNO.C3H8O/c1-9-6-11(7-9,14-12)8-13-5-3-4-10(13)2;1-3(2)4/h9-10H,3-8H2,1-2H3;3-4H,1-2H3. The summed E-state index contributed by atoms with van der Waals surface area (Å²) in [6.07, 6.45) is 4.09. The molecule has 2 aliphatic rings. The van der Waals surface area contributed by atoms with Gasteiger partial charge in [0.1, 0.15) is 5.60 Å². The summed E-state index contributed by atoms with van der Waals surface area (Å²) in [6.45, 7) is 9.72. The zero-order valence-electron chi connectivity index (χ0n) is 12.2. The van der Waals surface area contributed by atoms with E-state index in [-0.39, 0.29) is 6.10 Å². The van der Waals surface area contributed by atoms with Crippen molar-refractivity contribution in [3.8, 4) is 0 Å². The van der Waals surface area contributed by atoms with E-state index in [0.717, 1.165) is 25.9 Å². The molecule has 1 saturated heterocycles. The lowest BCUT2D eigenvalue weighted by atomic mass is 9.71. The van der Waals surface area contributed by atoms with Crippen molar-refractivity contribution in [3.05, 3.63) is 0 Å². The molecule has 1 aliphatic carbocycles. The summed E-state index contributed by atoms with van der Waals surface area (Å²) in [5, 5.41) is 8.06. The maximum absolute atomic E-state index is 12.5. The summed E-state index contributed by atoms with van der Waals surface area (Å²) < 4.78 is 12.5. The fraction of sp³-hybridized carbons (Fsp3) is 1.00. The molecule has 0 bridgehead atoms. The molecule has 0 spiro atoms. The molecule has 1 saturated carbocycles. The van der Waals surface area contributed by atoms with Crippen molar-refractivity contribution in [1.29, 1.82) is 0 Å². The van der Waals surface area contributed by atoms with E-state index in [0.29, 0.717) is 12.0 Å². The Labute approximate surface area is 110 Å². The zero-order chi connectivity index (χ0) is 13.8. The highest BCUT2D eigenvalue weighted by molar-refractivity contribution is 4.97. The van der Waals surface area contributed by atoms with E-state index in [9.17, 15) is 4.53 Å². The molecule has 0 aromatic heterocycles. The minimum Gasteiger partial charge on any atom is -0.394 e. The normalized spacial score (nSPS) is 36.2. The monoisotopic (exact) mass is 261 g/mol. The molecule has 18 heavy (non-hydrogen) atoms. The van der Waals surface area contributed by atoms with E-state index < -0.39 is 5.60 Å². The largest absolute Gasteiger partial charge is 0.394 e. The van der Waals surface area contributed by atoms with Crippen LogP contribution in [0.3, 0.4) is 0 Å². The maximum atomic E-state index is 12.5. The average molecular weight is 261 g/mol. The van der Waals surface area contributed by atoms with Crippen LogP contribution in [-0.4, -0.2) is 40.8 Å². The molecule has 1 aliphatic heterocycles. The number of hydrogen-bond acceptors (Lipinski definition) is 3. The van der Waals surface area contributed by atoms with Crippen LogP contribution in [0.15, 0.2) is 0 Å². The average Bonchev–Trinajstić information content (AvgIpc) is 2.61. The van der Waals surface area contributed by atoms with Crippen LogP contribution in [0.5, 0.6) is 0 Å². The molecule has 4 heteroatoms. The summed E-state index contributed by atoms with van der Waals surface area (Å²) in [4.78, 5) is 6.58. The Bertz CT molecular complexity index is 239. The highest BCUT2D eigenvalue weighted by Gasteiger charge is 2.46. The van der Waals surface area contributed by atoms with Gasteiger partial charge < -0.3 is 5.11 Å². The minimum atomic E-state index is -0.460. The van der Waals surface area contributed by atoms with Gasteiger partial charge in [-0.3, -0.25) is 4.90 Å². The lowest BCUT2D eigenvalue weighted by Gasteiger charge is -2.45. The first kappa shape index (κ1) is 15.9. The molecule has 1 unspecified atom stereocenters. The first-order valence-electron chi connectivity index (χ1n) is 7.10. The quantitative estimate of drug-likeness (QED) is 0.848. The van der Waals surface area contributed by atoms with Crippen LogP contribution in [0.4, 0.5) is 4.53 Å². The zero-order valence-corrected chi connectivity index (χ0v) is 12.2. The SMILES string of the molecule is CC(C)O.CC1CC(CN2CCCC2C)(OF)C1. The van der Waals surface area contributed by atoms with Crippen LogP contribution in [-0.2, 0) is 4.94 Å². The molecule has 1 N–H and O–H groups in total. The van der Waals surface area contributed by atoms with Gasteiger partial charge in [-0.25, -0.2) is 0 Å². The number of aliphatic hydroxyl groups is 1. The molecule has 108 valence electrons.